The normalized spacial score (nSPS) is 10.8. The third-order valence-corrected chi connectivity index (χ3v) is 4.27. The molecule has 0 saturated carbocycles. The number of aromatic nitrogens is 2. The van der Waals surface area contributed by atoms with E-state index < -0.39 is 10.8 Å². The Hall–Kier alpha value is -3.79. The maximum atomic E-state index is 12.0. The van der Waals surface area contributed by atoms with E-state index in [1.54, 1.807) is 35.9 Å². The molecule has 2 amide bonds. The maximum Gasteiger partial charge on any atom is 0.269 e. The molecule has 0 radical (unpaired) electrons. The minimum Gasteiger partial charge on any atom is -0.364 e. The summed E-state index contributed by atoms with van der Waals surface area (Å²) in [5.41, 5.74) is 7.38. The first-order chi connectivity index (χ1) is 12.9. The maximum absolute atomic E-state index is 12.0. The lowest BCUT2D eigenvalue weighted by Crippen LogP contribution is -2.10. The molecule has 0 fully saturated rings. The van der Waals surface area contributed by atoms with E-state index in [2.05, 4.69) is 15.3 Å². The summed E-state index contributed by atoms with van der Waals surface area (Å²) >= 11 is 1.24. The molecular formula is C17H13N5O4S. The molecule has 0 atom stereocenters. The minimum absolute atomic E-state index is 0.0174. The van der Waals surface area contributed by atoms with Crippen LogP contribution in [-0.2, 0) is 4.79 Å². The molecule has 0 spiro atoms. The number of nitrogens with one attached hydrogen (secondary N) is 2. The van der Waals surface area contributed by atoms with Crippen LogP contribution in [0.15, 0.2) is 48.0 Å². The largest absolute Gasteiger partial charge is 0.364 e. The van der Waals surface area contributed by atoms with Crippen LogP contribution < -0.4 is 11.1 Å². The number of nitrogens with zero attached hydrogens (tertiary/aromatic N) is 2. The lowest BCUT2D eigenvalue weighted by Gasteiger charge is -1.96. The van der Waals surface area contributed by atoms with Gasteiger partial charge in [-0.2, -0.15) is 0 Å². The summed E-state index contributed by atoms with van der Waals surface area (Å²) in [6.07, 6.45) is 4.46. The molecule has 1 aromatic carbocycles. The average molecular weight is 383 g/mol. The predicted octanol–water partition coefficient (Wildman–Crippen LogP) is 2.80. The number of carbonyl (C=O) groups is 2. The van der Waals surface area contributed by atoms with E-state index in [0.29, 0.717) is 22.0 Å². The molecular weight excluding hydrogens is 370 g/mol. The molecule has 4 N–H and O–H groups in total. The van der Waals surface area contributed by atoms with Crippen LogP contribution in [0.4, 0.5) is 10.8 Å². The van der Waals surface area contributed by atoms with Crippen molar-refractivity contribution in [3.8, 4) is 11.3 Å². The average Bonchev–Trinajstić information content (AvgIpc) is 3.29. The molecule has 136 valence electrons. The Morgan fingerprint density at radius 3 is 2.67 bits per heavy atom. The van der Waals surface area contributed by atoms with Crippen LogP contribution in [0.2, 0.25) is 0 Å². The molecule has 2 heterocycles. The number of aromatic amines is 1. The number of nitrogens with two attached hydrogens (primary N) is 1. The molecule has 10 heteroatoms. The quantitative estimate of drug-likeness (QED) is 0.340. The fourth-order valence-electron chi connectivity index (χ4n) is 2.17. The predicted molar refractivity (Wildman–Crippen MR) is 101 cm³/mol. The lowest BCUT2D eigenvalue weighted by molar-refractivity contribution is -0.384. The fraction of sp³-hybridized carbons (Fsp3) is 0. The third-order valence-electron chi connectivity index (χ3n) is 3.51. The van der Waals surface area contributed by atoms with Gasteiger partial charge in [0.25, 0.3) is 11.6 Å². The summed E-state index contributed by atoms with van der Waals surface area (Å²) in [5, 5.41) is 15.4. The van der Waals surface area contributed by atoms with Crippen molar-refractivity contribution in [1.82, 2.24) is 9.97 Å². The van der Waals surface area contributed by atoms with E-state index in [4.69, 9.17) is 5.73 Å². The van der Waals surface area contributed by atoms with Crippen LogP contribution in [-0.4, -0.2) is 26.7 Å². The monoisotopic (exact) mass is 383 g/mol. The van der Waals surface area contributed by atoms with Crippen molar-refractivity contribution in [3.05, 3.63) is 69.4 Å². The van der Waals surface area contributed by atoms with Crippen molar-refractivity contribution in [2.45, 2.75) is 0 Å². The van der Waals surface area contributed by atoms with E-state index >= 15 is 0 Å². The zero-order chi connectivity index (χ0) is 19.4. The summed E-state index contributed by atoms with van der Waals surface area (Å²) in [4.78, 5) is 40.3. The number of hydrogen-bond acceptors (Lipinski definition) is 6. The van der Waals surface area contributed by atoms with Crippen LogP contribution in [0.25, 0.3) is 17.3 Å². The molecule has 0 aliphatic rings. The van der Waals surface area contributed by atoms with Gasteiger partial charge >= 0.3 is 0 Å². The highest BCUT2D eigenvalue weighted by molar-refractivity contribution is 7.14. The number of carbonyl (C=O) groups excluding carboxylic acids is 2. The summed E-state index contributed by atoms with van der Waals surface area (Å²) in [5.74, 6) is -0.956. The van der Waals surface area contributed by atoms with Crippen LogP contribution >= 0.6 is 11.3 Å². The van der Waals surface area contributed by atoms with Gasteiger partial charge in [-0.3, -0.25) is 25.0 Å². The molecule has 0 bridgehead atoms. The standard InChI is InChI=1S/C17H13N5O4S/c18-16(24)13-7-11(8-19-13)14-9-27-17(20-14)21-15(23)6-3-10-1-4-12(5-2-10)22(25)26/h1-9,19H,(H2,18,24)(H,20,21,23)/b6-3+. The first-order valence-electron chi connectivity index (χ1n) is 7.60. The van der Waals surface area contributed by atoms with Gasteiger partial charge in [-0.1, -0.05) is 0 Å². The summed E-state index contributed by atoms with van der Waals surface area (Å²) < 4.78 is 0. The fourth-order valence-corrected chi connectivity index (χ4v) is 2.90. The second kappa shape index (κ2) is 7.62. The number of H-pyrrole nitrogens is 1. The van der Waals surface area contributed by atoms with Gasteiger partial charge in [0.1, 0.15) is 5.69 Å². The molecule has 3 aromatic rings. The van der Waals surface area contributed by atoms with Crippen molar-refractivity contribution < 1.29 is 14.5 Å². The lowest BCUT2D eigenvalue weighted by atomic mass is 10.2. The van der Waals surface area contributed by atoms with Gasteiger partial charge in [-0.05, 0) is 29.8 Å². The van der Waals surface area contributed by atoms with E-state index in [0.717, 1.165) is 0 Å². The Labute approximate surface area is 156 Å². The number of rotatable bonds is 6. The second-order valence-corrected chi connectivity index (χ2v) is 6.23. The molecule has 0 aliphatic carbocycles. The number of nitro benzene ring substituents is 1. The first-order valence-corrected chi connectivity index (χ1v) is 8.48. The van der Waals surface area contributed by atoms with E-state index in [9.17, 15) is 19.7 Å². The van der Waals surface area contributed by atoms with Crippen LogP contribution in [0, 0.1) is 10.1 Å². The molecule has 0 unspecified atom stereocenters. The van der Waals surface area contributed by atoms with Crippen molar-refractivity contribution in [2.75, 3.05) is 5.32 Å². The number of benzene rings is 1. The Morgan fingerprint density at radius 1 is 1.30 bits per heavy atom. The number of non-ortho nitro benzene ring substituents is 1. The Balaban J connectivity index is 1.63. The van der Waals surface area contributed by atoms with Crippen LogP contribution in [0.5, 0.6) is 0 Å². The smallest absolute Gasteiger partial charge is 0.269 e. The van der Waals surface area contributed by atoms with Crippen LogP contribution in [0.3, 0.4) is 0 Å². The number of amides is 2. The van der Waals surface area contributed by atoms with Crippen molar-refractivity contribution in [1.29, 1.82) is 0 Å². The van der Waals surface area contributed by atoms with Crippen LogP contribution in [0.1, 0.15) is 16.1 Å². The van der Waals surface area contributed by atoms with Gasteiger partial charge in [0.15, 0.2) is 5.13 Å². The van der Waals surface area contributed by atoms with Gasteiger partial charge in [0.05, 0.1) is 10.6 Å². The number of primary amides is 1. The number of anilines is 1. The summed E-state index contributed by atoms with van der Waals surface area (Å²) in [6.45, 7) is 0. The zero-order valence-electron chi connectivity index (χ0n) is 13.7. The number of hydrogen-bond donors (Lipinski definition) is 3. The van der Waals surface area contributed by atoms with Gasteiger partial charge in [-0.25, -0.2) is 4.98 Å². The minimum atomic E-state index is -0.568. The van der Waals surface area contributed by atoms with Gasteiger partial charge in [-0.15, -0.1) is 11.3 Å². The molecule has 2 aromatic heterocycles. The molecule has 27 heavy (non-hydrogen) atoms. The van der Waals surface area contributed by atoms with Crippen molar-refractivity contribution in [3.63, 3.8) is 0 Å². The Bertz CT molecular complexity index is 1040. The zero-order valence-corrected chi connectivity index (χ0v) is 14.5. The Morgan fingerprint density at radius 2 is 2.04 bits per heavy atom. The van der Waals surface area contributed by atoms with E-state index in [1.165, 1.54) is 29.5 Å². The first kappa shape index (κ1) is 18.0. The van der Waals surface area contributed by atoms with Crippen molar-refractivity contribution in [2.24, 2.45) is 5.73 Å². The van der Waals surface area contributed by atoms with Gasteiger partial charge in [0.2, 0.25) is 5.91 Å². The molecule has 3 rings (SSSR count). The Kier molecular flexibility index (Phi) is 5.08. The molecule has 0 aliphatic heterocycles. The summed E-state index contributed by atoms with van der Waals surface area (Å²) in [6, 6.07) is 7.40. The van der Waals surface area contributed by atoms with E-state index in [1.807, 2.05) is 0 Å². The highest BCUT2D eigenvalue weighted by atomic mass is 32.1. The highest BCUT2D eigenvalue weighted by Crippen LogP contribution is 2.25. The molecule has 9 nitrogen and oxygen atoms in total. The SMILES string of the molecule is NC(=O)c1cc(-c2csc(NC(=O)/C=C/c3ccc([N+](=O)[O-])cc3)n2)c[nH]1. The topological polar surface area (TPSA) is 144 Å². The number of thiazole rings is 1. The van der Waals surface area contributed by atoms with E-state index in [-0.39, 0.29) is 17.3 Å². The summed E-state index contributed by atoms with van der Waals surface area (Å²) in [7, 11) is 0. The second-order valence-electron chi connectivity index (χ2n) is 5.38. The van der Waals surface area contributed by atoms with Crippen molar-refractivity contribution >= 4 is 40.0 Å². The third kappa shape index (κ3) is 4.44. The van der Waals surface area contributed by atoms with Gasteiger partial charge in [0, 0.05) is 35.3 Å². The van der Waals surface area contributed by atoms with Gasteiger partial charge < -0.3 is 10.7 Å². The number of nitro groups is 1. The molecule has 0 saturated heterocycles. The highest BCUT2D eigenvalue weighted by Gasteiger charge is 2.10.